The molecule has 2 N–H and O–H groups in total. The monoisotopic (exact) mass is 242 g/mol. The van der Waals surface area contributed by atoms with Gasteiger partial charge in [0.1, 0.15) is 12.2 Å². The quantitative estimate of drug-likeness (QED) is 0.681. The molecule has 1 aliphatic heterocycles. The molecule has 7 nitrogen and oxygen atoms in total. The fourth-order valence-electron chi connectivity index (χ4n) is 1.92. The zero-order valence-corrected chi connectivity index (χ0v) is 9.49. The van der Waals surface area contributed by atoms with Crippen LogP contribution in [0.4, 0.5) is 0 Å². The van der Waals surface area contributed by atoms with Crippen LogP contribution in [0.1, 0.15) is 13.2 Å². The van der Waals surface area contributed by atoms with E-state index in [-0.39, 0.29) is 0 Å². The fourth-order valence-corrected chi connectivity index (χ4v) is 1.92. The second-order valence-electron chi connectivity index (χ2n) is 3.94. The lowest BCUT2D eigenvalue weighted by molar-refractivity contribution is -0.0516. The topological polar surface area (TPSA) is 93.5 Å². The number of hydrogen-bond acceptors (Lipinski definition) is 5. The van der Waals surface area contributed by atoms with E-state index in [1.807, 2.05) is 0 Å². The van der Waals surface area contributed by atoms with Gasteiger partial charge in [0.05, 0.1) is 6.10 Å². The molecule has 2 rings (SSSR count). The zero-order chi connectivity index (χ0) is 12.6. The Kier molecular flexibility index (Phi) is 3.14. The van der Waals surface area contributed by atoms with Crippen LogP contribution in [0.25, 0.3) is 0 Å². The van der Waals surface area contributed by atoms with E-state index in [0.717, 1.165) is 0 Å². The number of nitrogens with one attached hydrogen (secondary N) is 1. The third-order valence-electron chi connectivity index (χ3n) is 2.85. The van der Waals surface area contributed by atoms with Crippen molar-refractivity contribution in [1.29, 1.82) is 0 Å². The minimum Gasteiger partial charge on any atom is -0.388 e. The molecule has 7 heteroatoms. The van der Waals surface area contributed by atoms with Crippen LogP contribution in [0, 0.1) is 0 Å². The number of hydrogen-bond donors (Lipinski definition) is 2. The molecule has 0 aromatic carbocycles. The van der Waals surface area contributed by atoms with Crippen molar-refractivity contribution in [2.45, 2.75) is 31.5 Å². The number of aromatic nitrogens is 2. The van der Waals surface area contributed by atoms with E-state index in [1.165, 1.54) is 23.9 Å². The third kappa shape index (κ3) is 2.04. The number of H-pyrrole nitrogens is 1. The van der Waals surface area contributed by atoms with E-state index < -0.39 is 35.8 Å². The van der Waals surface area contributed by atoms with E-state index >= 15 is 0 Å². The molecule has 1 aliphatic rings. The highest BCUT2D eigenvalue weighted by atomic mass is 16.6. The largest absolute Gasteiger partial charge is 0.388 e. The van der Waals surface area contributed by atoms with Crippen LogP contribution >= 0.6 is 0 Å². The van der Waals surface area contributed by atoms with E-state index in [0.29, 0.717) is 0 Å². The molecule has 0 bridgehead atoms. The maximum Gasteiger partial charge on any atom is 0.330 e. The minimum atomic E-state index is -0.816. The number of methoxy groups -OCH3 is 1. The van der Waals surface area contributed by atoms with Gasteiger partial charge in [-0.25, -0.2) is 4.79 Å². The summed E-state index contributed by atoms with van der Waals surface area (Å²) in [7, 11) is 1.43. The van der Waals surface area contributed by atoms with Gasteiger partial charge in [0.2, 0.25) is 0 Å². The van der Waals surface area contributed by atoms with Gasteiger partial charge in [-0.05, 0) is 6.92 Å². The molecule has 2 heterocycles. The first-order valence-corrected chi connectivity index (χ1v) is 5.22. The van der Waals surface area contributed by atoms with Gasteiger partial charge in [-0.1, -0.05) is 0 Å². The summed E-state index contributed by atoms with van der Waals surface area (Å²) in [6.45, 7) is 1.69. The average Bonchev–Trinajstić information content (AvgIpc) is 2.55. The lowest BCUT2D eigenvalue weighted by Crippen LogP contribution is -2.38. The van der Waals surface area contributed by atoms with Crippen molar-refractivity contribution in [2.75, 3.05) is 7.11 Å². The Morgan fingerprint density at radius 1 is 1.53 bits per heavy atom. The molecule has 1 aromatic rings. The van der Waals surface area contributed by atoms with Gasteiger partial charge in [-0.2, -0.15) is 0 Å². The van der Waals surface area contributed by atoms with Crippen LogP contribution in [0.15, 0.2) is 21.9 Å². The first-order valence-electron chi connectivity index (χ1n) is 5.22. The van der Waals surface area contributed by atoms with Gasteiger partial charge in [-0.15, -0.1) is 0 Å². The number of aromatic amines is 1. The van der Waals surface area contributed by atoms with Crippen LogP contribution in [-0.4, -0.2) is 40.1 Å². The number of rotatable bonds is 2. The summed E-state index contributed by atoms with van der Waals surface area (Å²) in [6.07, 6.45) is -1.32. The predicted octanol–water partition coefficient (Wildman–Crippen LogP) is -1.17. The maximum absolute atomic E-state index is 11.6. The number of ether oxygens (including phenoxy) is 2. The first-order chi connectivity index (χ1) is 8.04. The highest BCUT2D eigenvalue weighted by Gasteiger charge is 2.43. The number of aliphatic hydroxyl groups is 1. The third-order valence-corrected chi connectivity index (χ3v) is 2.85. The van der Waals surface area contributed by atoms with E-state index in [2.05, 4.69) is 4.98 Å². The maximum atomic E-state index is 11.6. The van der Waals surface area contributed by atoms with Crippen molar-refractivity contribution in [3.05, 3.63) is 33.1 Å². The smallest absolute Gasteiger partial charge is 0.330 e. The molecule has 0 aliphatic carbocycles. The first kappa shape index (κ1) is 12.0. The predicted molar refractivity (Wildman–Crippen MR) is 57.7 cm³/mol. The van der Waals surface area contributed by atoms with Gasteiger partial charge >= 0.3 is 5.69 Å². The molecular formula is C10H14N2O5. The molecule has 0 spiro atoms. The fraction of sp³-hybridized carbons (Fsp3) is 0.600. The van der Waals surface area contributed by atoms with E-state index in [4.69, 9.17) is 9.47 Å². The standard InChI is InChI=1S/C10H14N2O5/c1-5-7(14)8(16-2)9(17-5)12-4-3-6(13)11-10(12)15/h3-5,7-9,14H,1-2H3,(H,11,13,15). The van der Waals surface area contributed by atoms with Crippen molar-refractivity contribution in [3.8, 4) is 0 Å². The second kappa shape index (κ2) is 4.44. The Morgan fingerprint density at radius 3 is 2.82 bits per heavy atom. The molecule has 4 unspecified atom stereocenters. The number of aliphatic hydroxyl groups excluding tert-OH is 1. The number of nitrogens with zero attached hydrogens (tertiary/aromatic N) is 1. The molecule has 4 atom stereocenters. The molecule has 0 saturated carbocycles. The summed E-state index contributed by atoms with van der Waals surface area (Å²) < 4.78 is 11.8. The van der Waals surface area contributed by atoms with Gasteiger partial charge in [-0.3, -0.25) is 14.3 Å². The van der Waals surface area contributed by atoms with Gasteiger partial charge in [0.15, 0.2) is 6.23 Å². The Morgan fingerprint density at radius 2 is 2.24 bits per heavy atom. The molecular weight excluding hydrogens is 228 g/mol. The van der Waals surface area contributed by atoms with Crippen LogP contribution in [0.2, 0.25) is 0 Å². The van der Waals surface area contributed by atoms with Crippen molar-refractivity contribution >= 4 is 0 Å². The summed E-state index contributed by atoms with van der Waals surface area (Å²) in [6, 6.07) is 1.22. The Hall–Kier alpha value is -1.44. The van der Waals surface area contributed by atoms with Gasteiger partial charge in [0.25, 0.3) is 5.56 Å². The molecule has 0 radical (unpaired) electrons. The normalized spacial score (nSPS) is 32.9. The van der Waals surface area contributed by atoms with Crippen LogP contribution in [-0.2, 0) is 9.47 Å². The minimum absolute atomic E-state index is 0.441. The summed E-state index contributed by atoms with van der Waals surface area (Å²) in [5, 5.41) is 9.80. The van der Waals surface area contributed by atoms with Crippen molar-refractivity contribution in [1.82, 2.24) is 9.55 Å². The average molecular weight is 242 g/mol. The van der Waals surface area contributed by atoms with Crippen LogP contribution < -0.4 is 11.2 Å². The van der Waals surface area contributed by atoms with Crippen molar-refractivity contribution in [3.63, 3.8) is 0 Å². The Labute approximate surface area is 96.6 Å². The Bertz CT molecular complexity index is 508. The Balaban J connectivity index is 2.40. The summed E-state index contributed by atoms with van der Waals surface area (Å²) in [4.78, 5) is 24.7. The molecule has 1 fully saturated rings. The van der Waals surface area contributed by atoms with Crippen molar-refractivity contribution < 1.29 is 14.6 Å². The summed E-state index contributed by atoms with van der Waals surface area (Å²) >= 11 is 0. The zero-order valence-electron chi connectivity index (χ0n) is 9.49. The lowest BCUT2D eigenvalue weighted by Gasteiger charge is -2.20. The summed E-state index contributed by atoms with van der Waals surface area (Å²) in [5.74, 6) is 0. The SMILES string of the molecule is COC1C(O)C(C)OC1n1ccc(=O)[nH]c1=O. The van der Waals surface area contributed by atoms with E-state index in [1.54, 1.807) is 6.92 Å². The molecule has 94 valence electrons. The van der Waals surface area contributed by atoms with Crippen LogP contribution in [0.5, 0.6) is 0 Å². The molecule has 0 amide bonds. The summed E-state index contributed by atoms with van der Waals surface area (Å²) in [5.41, 5.74) is -1.07. The van der Waals surface area contributed by atoms with Crippen LogP contribution in [0.3, 0.4) is 0 Å². The molecule has 1 saturated heterocycles. The van der Waals surface area contributed by atoms with Gasteiger partial charge < -0.3 is 14.6 Å². The van der Waals surface area contributed by atoms with Crippen molar-refractivity contribution in [2.24, 2.45) is 0 Å². The lowest BCUT2D eigenvalue weighted by atomic mass is 10.1. The highest BCUT2D eigenvalue weighted by molar-refractivity contribution is 4.92. The molecule has 17 heavy (non-hydrogen) atoms. The molecule has 1 aromatic heterocycles. The van der Waals surface area contributed by atoms with E-state index in [9.17, 15) is 14.7 Å². The highest BCUT2D eigenvalue weighted by Crippen LogP contribution is 2.29. The second-order valence-corrected chi connectivity index (χ2v) is 3.94. The van der Waals surface area contributed by atoms with Gasteiger partial charge in [0, 0.05) is 19.4 Å².